The lowest BCUT2D eigenvalue weighted by atomic mass is 10.1. The van der Waals surface area contributed by atoms with Gasteiger partial charge in [0.05, 0.1) is 17.9 Å². The summed E-state index contributed by atoms with van der Waals surface area (Å²) >= 11 is 1.16. The van der Waals surface area contributed by atoms with Crippen LogP contribution in [0.15, 0.2) is 66.2 Å². The van der Waals surface area contributed by atoms with Crippen molar-refractivity contribution < 1.29 is 14.3 Å². The molecule has 0 radical (unpaired) electrons. The van der Waals surface area contributed by atoms with Crippen molar-refractivity contribution in [1.29, 1.82) is 0 Å². The second kappa shape index (κ2) is 8.93. The highest BCUT2D eigenvalue weighted by Crippen LogP contribution is 2.25. The molecule has 0 unspecified atom stereocenters. The number of esters is 1. The molecule has 0 saturated carbocycles. The molecular weight excluding hydrogens is 412 g/mol. The number of benzene rings is 2. The first kappa shape index (κ1) is 20.5. The van der Waals surface area contributed by atoms with E-state index in [4.69, 9.17) is 4.74 Å². The predicted molar refractivity (Wildman–Crippen MR) is 120 cm³/mol. The van der Waals surface area contributed by atoms with E-state index in [9.17, 15) is 9.59 Å². The van der Waals surface area contributed by atoms with E-state index >= 15 is 0 Å². The number of carbonyl (C=O) groups is 2. The third-order valence-electron chi connectivity index (χ3n) is 4.51. The van der Waals surface area contributed by atoms with E-state index in [0.717, 1.165) is 28.2 Å². The molecule has 1 N–H and O–H groups in total. The minimum Gasteiger partial charge on any atom is -0.461 e. The SMILES string of the molecule is CCOC(=O)c1csc(NC(=O)c2cn(-c3ccc(C)cc3)nc2-c2ccccc2)n1. The molecule has 0 fully saturated rings. The first-order valence-electron chi connectivity index (χ1n) is 9.71. The number of carbonyl (C=O) groups excluding carboxylic acids is 2. The number of ether oxygens (including phenoxy) is 1. The molecule has 0 atom stereocenters. The molecule has 2 aromatic carbocycles. The van der Waals surface area contributed by atoms with Crippen LogP contribution in [0.5, 0.6) is 0 Å². The molecule has 2 heterocycles. The molecule has 0 aliphatic heterocycles. The smallest absolute Gasteiger partial charge is 0.357 e. The van der Waals surface area contributed by atoms with Gasteiger partial charge in [-0.3, -0.25) is 10.1 Å². The Balaban J connectivity index is 1.67. The van der Waals surface area contributed by atoms with E-state index in [-0.39, 0.29) is 18.2 Å². The molecule has 0 spiro atoms. The average Bonchev–Trinajstić information content (AvgIpc) is 3.43. The molecule has 4 aromatic rings. The van der Waals surface area contributed by atoms with Gasteiger partial charge in [0.25, 0.3) is 5.91 Å². The number of aryl methyl sites for hydroxylation is 1. The van der Waals surface area contributed by atoms with Gasteiger partial charge in [0.2, 0.25) is 0 Å². The number of rotatable bonds is 6. The Bertz CT molecular complexity index is 1210. The van der Waals surface area contributed by atoms with Gasteiger partial charge in [-0.25, -0.2) is 14.5 Å². The van der Waals surface area contributed by atoms with Crippen molar-refractivity contribution in [2.75, 3.05) is 11.9 Å². The van der Waals surface area contributed by atoms with Crippen molar-refractivity contribution >= 4 is 28.3 Å². The Morgan fingerprint density at radius 3 is 2.55 bits per heavy atom. The van der Waals surface area contributed by atoms with Crippen LogP contribution in [0.1, 0.15) is 33.3 Å². The van der Waals surface area contributed by atoms with Crippen molar-refractivity contribution in [1.82, 2.24) is 14.8 Å². The van der Waals surface area contributed by atoms with Gasteiger partial charge >= 0.3 is 5.97 Å². The van der Waals surface area contributed by atoms with Crippen LogP contribution in [0.4, 0.5) is 5.13 Å². The zero-order valence-electron chi connectivity index (χ0n) is 17.0. The van der Waals surface area contributed by atoms with Crippen LogP contribution in [0, 0.1) is 6.92 Å². The van der Waals surface area contributed by atoms with E-state index in [0.29, 0.717) is 16.4 Å². The van der Waals surface area contributed by atoms with E-state index < -0.39 is 5.97 Å². The molecule has 0 aliphatic rings. The third-order valence-corrected chi connectivity index (χ3v) is 5.27. The lowest BCUT2D eigenvalue weighted by Gasteiger charge is -2.02. The number of anilines is 1. The van der Waals surface area contributed by atoms with Crippen molar-refractivity contribution in [3.05, 3.63) is 83.0 Å². The summed E-state index contributed by atoms with van der Waals surface area (Å²) in [6.07, 6.45) is 1.70. The molecule has 0 bridgehead atoms. The maximum Gasteiger partial charge on any atom is 0.357 e. The molecule has 156 valence electrons. The first-order chi connectivity index (χ1) is 15.0. The number of nitrogens with zero attached hydrogens (tertiary/aromatic N) is 3. The zero-order valence-corrected chi connectivity index (χ0v) is 17.8. The van der Waals surface area contributed by atoms with Crippen LogP contribution in [0.3, 0.4) is 0 Å². The number of hydrogen-bond donors (Lipinski definition) is 1. The van der Waals surface area contributed by atoms with Gasteiger partial charge in [0, 0.05) is 17.1 Å². The van der Waals surface area contributed by atoms with Crippen LogP contribution in [0.2, 0.25) is 0 Å². The number of amides is 1. The van der Waals surface area contributed by atoms with Crippen molar-refractivity contribution in [2.24, 2.45) is 0 Å². The molecule has 0 saturated heterocycles. The minimum atomic E-state index is -0.517. The predicted octanol–water partition coefficient (Wildman–Crippen LogP) is 4.73. The molecule has 0 aliphatic carbocycles. The van der Waals surface area contributed by atoms with Crippen LogP contribution in [0.25, 0.3) is 16.9 Å². The lowest BCUT2D eigenvalue weighted by Crippen LogP contribution is -2.13. The monoisotopic (exact) mass is 432 g/mol. The first-order valence-corrected chi connectivity index (χ1v) is 10.6. The van der Waals surface area contributed by atoms with Crippen molar-refractivity contribution in [3.63, 3.8) is 0 Å². The summed E-state index contributed by atoms with van der Waals surface area (Å²) in [5.41, 5.74) is 3.94. The summed E-state index contributed by atoms with van der Waals surface area (Å²) in [5, 5.41) is 9.30. The maximum atomic E-state index is 13.1. The Hall–Kier alpha value is -3.78. The van der Waals surface area contributed by atoms with E-state index in [1.807, 2.05) is 61.5 Å². The van der Waals surface area contributed by atoms with Gasteiger partial charge in [-0.2, -0.15) is 5.10 Å². The van der Waals surface area contributed by atoms with Gasteiger partial charge in [0.1, 0.15) is 5.69 Å². The molecule has 1 amide bonds. The number of thiazole rings is 1. The number of aromatic nitrogens is 3. The van der Waals surface area contributed by atoms with Gasteiger partial charge in [-0.05, 0) is 26.0 Å². The van der Waals surface area contributed by atoms with E-state index in [2.05, 4.69) is 15.4 Å². The molecule has 7 nitrogen and oxygen atoms in total. The quantitative estimate of drug-likeness (QED) is 0.445. The Kier molecular flexibility index (Phi) is 5.90. The molecule has 8 heteroatoms. The standard InChI is InChI=1S/C23H20N4O3S/c1-3-30-22(29)19-14-31-23(24-19)25-21(28)18-13-27(17-11-9-15(2)10-12-17)26-20(18)16-7-5-4-6-8-16/h4-14H,3H2,1-2H3,(H,24,25,28). The van der Waals surface area contributed by atoms with Crippen LogP contribution in [-0.2, 0) is 4.74 Å². The summed E-state index contributed by atoms with van der Waals surface area (Å²) < 4.78 is 6.63. The molecule has 2 aromatic heterocycles. The van der Waals surface area contributed by atoms with E-state index in [1.165, 1.54) is 0 Å². The van der Waals surface area contributed by atoms with Gasteiger partial charge in [-0.1, -0.05) is 48.0 Å². The van der Waals surface area contributed by atoms with E-state index in [1.54, 1.807) is 23.2 Å². The van der Waals surface area contributed by atoms with Crippen molar-refractivity contribution in [3.8, 4) is 16.9 Å². The van der Waals surface area contributed by atoms with Crippen LogP contribution < -0.4 is 5.32 Å². The molecule has 31 heavy (non-hydrogen) atoms. The summed E-state index contributed by atoms with van der Waals surface area (Å²) in [7, 11) is 0. The highest BCUT2D eigenvalue weighted by atomic mass is 32.1. The number of nitrogens with one attached hydrogen (secondary N) is 1. The second-order valence-electron chi connectivity index (χ2n) is 6.75. The van der Waals surface area contributed by atoms with Gasteiger partial charge < -0.3 is 4.74 Å². The maximum absolute atomic E-state index is 13.1. The van der Waals surface area contributed by atoms with Gasteiger partial charge in [-0.15, -0.1) is 11.3 Å². The Morgan fingerprint density at radius 1 is 1.10 bits per heavy atom. The Labute approximate surface area is 183 Å². The van der Waals surface area contributed by atoms with Crippen LogP contribution in [-0.4, -0.2) is 33.2 Å². The largest absolute Gasteiger partial charge is 0.461 e. The highest BCUT2D eigenvalue weighted by molar-refractivity contribution is 7.14. The van der Waals surface area contributed by atoms with Crippen molar-refractivity contribution in [2.45, 2.75) is 13.8 Å². The fraction of sp³-hybridized carbons (Fsp3) is 0.130. The zero-order chi connectivity index (χ0) is 21.8. The molecular formula is C23H20N4O3S. The minimum absolute atomic E-state index is 0.167. The van der Waals surface area contributed by atoms with Gasteiger partial charge in [0.15, 0.2) is 10.8 Å². The summed E-state index contributed by atoms with van der Waals surface area (Å²) in [5.74, 6) is -0.876. The molecule has 4 rings (SSSR count). The number of hydrogen-bond acceptors (Lipinski definition) is 6. The fourth-order valence-electron chi connectivity index (χ4n) is 2.97. The topological polar surface area (TPSA) is 86.1 Å². The highest BCUT2D eigenvalue weighted by Gasteiger charge is 2.20. The Morgan fingerprint density at radius 2 is 1.84 bits per heavy atom. The summed E-state index contributed by atoms with van der Waals surface area (Å²) in [6, 6.07) is 17.4. The summed E-state index contributed by atoms with van der Waals surface area (Å²) in [4.78, 5) is 29.1. The third kappa shape index (κ3) is 4.54. The van der Waals surface area contributed by atoms with Crippen LogP contribution >= 0.6 is 11.3 Å². The lowest BCUT2D eigenvalue weighted by molar-refractivity contribution is 0.0520. The summed E-state index contributed by atoms with van der Waals surface area (Å²) in [6.45, 7) is 4.00. The normalized spacial score (nSPS) is 10.6. The second-order valence-corrected chi connectivity index (χ2v) is 7.61. The fourth-order valence-corrected chi connectivity index (χ4v) is 3.65. The average molecular weight is 433 g/mol.